The third-order valence-corrected chi connectivity index (χ3v) is 7.06. The van der Waals surface area contributed by atoms with Crippen molar-refractivity contribution in [1.82, 2.24) is 29.6 Å². The maximum Gasteiger partial charge on any atom is 0.284 e. The standard InChI is InChI=1S/C23H22F2N7O2P.C4H10N2/c24-23(25,35)15-5-6-28-17(11-15)30-22(33)14-3-1-13(2-4-14)18-19-20(26)29-7-9-32(19)21(31-18)16-12-27-8-10-34-16;1-6-2-4(5)3-6/h1-7,9,11,16,27H,8,10,12,35H2,(H2,26,29)(H,28,30,33);4H,2-3,5H2,1H3/t16-;/m1./s1. The van der Waals surface area contributed by atoms with Gasteiger partial charge in [-0.15, -0.1) is 0 Å². The molecule has 0 spiro atoms. The molecular weight excluding hydrogens is 551 g/mol. The molecule has 0 radical (unpaired) electrons. The number of nitrogens with zero attached hydrogens (tertiary/aromatic N) is 5. The van der Waals surface area contributed by atoms with Gasteiger partial charge in [-0.2, -0.15) is 8.78 Å². The number of ether oxygens (including phenoxy) is 1. The van der Waals surface area contributed by atoms with Crippen LogP contribution in [-0.2, 0) is 10.4 Å². The number of benzene rings is 1. The molecule has 14 heteroatoms. The van der Waals surface area contributed by atoms with Gasteiger partial charge in [0.2, 0.25) is 0 Å². The molecule has 1 amide bonds. The molecule has 1 unspecified atom stereocenters. The Hall–Kier alpha value is -3.61. The Morgan fingerprint density at radius 3 is 2.56 bits per heavy atom. The van der Waals surface area contributed by atoms with Crippen LogP contribution in [0, 0.1) is 0 Å². The number of nitrogens with two attached hydrogens (primary N) is 2. The summed E-state index contributed by atoms with van der Waals surface area (Å²) in [6.07, 6.45) is 4.37. The van der Waals surface area contributed by atoms with Crippen molar-refractivity contribution in [3.8, 4) is 11.3 Å². The fourth-order valence-electron chi connectivity index (χ4n) is 4.67. The monoisotopic (exact) mass is 583 g/mol. The Balaban J connectivity index is 0.000000500. The predicted octanol–water partition coefficient (Wildman–Crippen LogP) is 2.47. The Morgan fingerprint density at radius 2 is 1.95 bits per heavy atom. The van der Waals surface area contributed by atoms with E-state index in [0.29, 0.717) is 47.6 Å². The van der Waals surface area contributed by atoms with Crippen molar-refractivity contribution in [2.45, 2.75) is 17.8 Å². The van der Waals surface area contributed by atoms with E-state index >= 15 is 0 Å². The average Bonchev–Trinajstić information content (AvgIpc) is 3.34. The first-order valence-corrected chi connectivity index (χ1v) is 13.6. The minimum absolute atomic E-state index is 0.0309. The molecule has 216 valence electrons. The van der Waals surface area contributed by atoms with Gasteiger partial charge >= 0.3 is 0 Å². The van der Waals surface area contributed by atoms with Crippen LogP contribution in [0.15, 0.2) is 55.0 Å². The molecule has 0 bridgehead atoms. The largest absolute Gasteiger partial charge is 0.382 e. The maximum atomic E-state index is 13.6. The first-order valence-electron chi connectivity index (χ1n) is 13.0. The first kappa shape index (κ1) is 28.9. The third kappa shape index (κ3) is 6.66. The van der Waals surface area contributed by atoms with Crippen LogP contribution < -0.4 is 22.1 Å². The molecule has 2 saturated heterocycles. The molecular formula is C27H32F2N9O2P. The van der Waals surface area contributed by atoms with Gasteiger partial charge in [-0.05, 0) is 31.3 Å². The molecule has 6 N–H and O–H groups in total. The summed E-state index contributed by atoms with van der Waals surface area (Å²) in [5, 5.41) is 5.85. The summed E-state index contributed by atoms with van der Waals surface area (Å²) in [5.41, 5.74) is 10.5. The van der Waals surface area contributed by atoms with E-state index in [4.69, 9.17) is 21.2 Å². The highest BCUT2D eigenvalue weighted by molar-refractivity contribution is 7.17. The van der Waals surface area contributed by atoms with E-state index in [0.717, 1.165) is 31.3 Å². The minimum atomic E-state index is -3.12. The zero-order valence-corrected chi connectivity index (χ0v) is 23.6. The number of amides is 1. The van der Waals surface area contributed by atoms with Crippen molar-refractivity contribution in [2.24, 2.45) is 5.73 Å². The number of hydrogen-bond donors (Lipinski definition) is 4. The number of pyridine rings is 1. The number of nitrogens with one attached hydrogen (secondary N) is 2. The van der Waals surface area contributed by atoms with Gasteiger partial charge in [-0.1, -0.05) is 21.4 Å². The molecule has 0 aliphatic carbocycles. The van der Waals surface area contributed by atoms with Crippen molar-refractivity contribution in [1.29, 1.82) is 0 Å². The first-order chi connectivity index (χ1) is 19.6. The van der Waals surface area contributed by atoms with Gasteiger partial charge in [0, 0.05) is 67.5 Å². The van der Waals surface area contributed by atoms with Gasteiger partial charge in [-0.3, -0.25) is 9.20 Å². The molecule has 11 nitrogen and oxygen atoms in total. The smallest absolute Gasteiger partial charge is 0.284 e. The van der Waals surface area contributed by atoms with Crippen LogP contribution >= 0.6 is 9.24 Å². The van der Waals surface area contributed by atoms with Gasteiger partial charge in [0.25, 0.3) is 11.6 Å². The zero-order chi connectivity index (χ0) is 29.1. The number of likely N-dealkylation sites (tertiary alicyclic amines) is 1. The van der Waals surface area contributed by atoms with Crippen molar-refractivity contribution in [2.75, 3.05) is 50.9 Å². The third-order valence-electron chi connectivity index (χ3n) is 6.73. The van der Waals surface area contributed by atoms with Crippen molar-refractivity contribution in [3.63, 3.8) is 0 Å². The van der Waals surface area contributed by atoms with Crippen LogP contribution in [0.5, 0.6) is 0 Å². The molecule has 41 heavy (non-hydrogen) atoms. The average molecular weight is 584 g/mol. The normalized spacial score (nSPS) is 17.9. The quantitative estimate of drug-likeness (QED) is 0.260. The number of likely N-dealkylation sites (N-methyl/N-ethyl adjacent to an activating group) is 1. The van der Waals surface area contributed by atoms with Crippen molar-refractivity contribution in [3.05, 3.63) is 71.9 Å². The number of carbonyl (C=O) groups is 1. The van der Waals surface area contributed by atoms with Gasteiger partial charge in [0.15, 0.2) is 0 Å². The summed E-state index contributed by atoms with van der Waals surface area (Å²) in [6.45, 7) is 4.14. The summed E-state index contributed by atoms with van der Waals surface area (Å²) in [5.74, 6) is 0.577. The van der Waals surface area contributed by atoms with Crippen molar-refractivity contribution >= 4 is 32.3 Å². The predicted molar refractivity (Wildman–Crippen MR) is 156 cm³/mol. The van der Waals surface area contributed by atoms with Crippen molar-refractivity contribution < 1.29 is 18.3 Å². The van der Waals surface area contributed by atoms with Crippen LogP contribution in [-0.4, -0.2) is 76.0 Å². The molecule has 6 rings (SSSR count). The van der Waals surface area contributed by atoms with Gasteiger partial charge in [0.05, 0.1) is 6.61 Å². The van der Waals surface area contributed by atoms with Gasteiger partial charge in [0.1, 0.15) is 34.8 Å². The number of alkyl halides is 2. The number of carbonyl (C=O) groups excluding carboxylic acids is 1. The van der Waals surface area contributed by atoms with E-state index in [2.05, 4.69) is 32.5 Å². The number of nitrogen functional groups attached to an aromatic ring is 1. The van der Waals surface area contributed by atoms with E-state index in [1.807, 2.05) is 4.40 Å². The summed E-state index contributed by atoms with van der Waals surface area (Å²) in [4.78, 5) is 27.8. The van der Waals surface area contributed by atoms with Gasteiger partial charge < -0.3 is 31.7 Å². The van der Waals surface area contributed by atoms with Crippen LogP contribution in [0.25, 0.3) is 16.8 Å². The molecule has 2 aliphatic heterocycles. The lowest BCUT2D eigenvalue weighted by Gasteiger charge is -2.32. The van der Waals surface area contributed by atoms with E-state index in [1.54, 1.807) is 36.7 Å². The van der Waals surface area contributed by atoms with E-state index < -0.39 is 11.6 Å². The Morgan fingerprint density at radius 1 is 1.20 bits per heavy atom. The molecule has 3 aromatic heterocycles. The van der Waals surface area contributed by atoms with Crippen LogP contribution in [0.4, 0.5) is 20.4 Å². The number of anilines is 2. The van der Waals surface area contributed by atoms with Crippen LogP contribution in [0.1, 0.15) is 27.8 Å². The number of aromatic nitrogens is 4. The SMILES string of the molecule is CN1CC(N)C1.Nc1nccn2c([C@H]3CNCCO3)nc(-c3ccc(C(=O)Nc4cc(C(F)(F)P)ccn4)cc3)c12. The Kier molecular flexibility index (Phi) is 8.52. The van der Waals surface area contributed by atoms with Crippen LogP contribution in [0.2, 0.25) is 0 Å². The highest BCUT2D eigenvalue weighted by Gasteiger charge is 2.26. The summed E-state index contributed by atoms with van der Waals surface area (Å²) in [7, 11) is 3.54. The number of rotatable bonds is 5. The fraction of sp³-hybridized carbons (Fsp3) is 0.333. The fourth-order valence-corrected chi connectivity index (χ4v) is 4.85. The molecule has 4 aromatic rings. The Labute approximate surface area is 237 Å². The number of halogens is 2. The summed E-state index contributed by atoms with van der Waals surface area (Å²) < 4.78 is 34.9. The highest BCUT2D eigenvalue weighted by atomic mass is 31.0. The molecule has 2 fully saturated rings. The van der Waals surface area contributed by atoms with E-state index in [1.165, 1.54) is 21.5 Å². The zero-order valence-electron chi connectivity index (χ0n) is 22.4. The van der Waals surface area contributed by atoms with E-state index in [9.17, 15) is 13.6 Å². The number of imidazole rings is 1. The summed E-state index contributed by atoms with van der Waals surface area (Å²) >= 11 is 0. The van der Waals surface area contributed by atoms with Crippen LogP contribution in [0.3, 0.4) is 0 Å². The highest BCUT2D eigenvalue weighted by Crippen LogP contribution is 2.35. The molecule has 1 aromatic carbocycles. The second kappa shape index (κ2) is 12.1. The molecule has 0 saturated carbocycles. The molecule has 2 aliphatic rings. The number of fused-ring (bicyclic) bond motifs is 1. The maximum absolute atomic E-state index is 13.6. The summed E-state index contributed by atoms with van der Waals surface area (Å²) in [6, 6.07) is 9.52. The lowest BCUT2D eigenvalue weighted by atomic mass is 10.1. The van der Waals surface area contributed by atoms with Gasteiger partial charge in [-0.25, -0.2) is 15.0 Å². The number of hydrogen-bond acceptors (Lipinski definition) is 9. The topological polar surface area (TPSA) is 149 Å². The second-order valence-electron chi connectivity index (χ2n) is 9.98. The number of morpholine rings is 1. The molecule has 2 atom stereocenters. The minimum Gasteiger partial charge on any atom is -0.382 e. The molecule has 5 heterocycles. The van der Waals surface area contributed by atoms with E-state index in [-0.39, 0.29) is 17.5 Å². The lowest BCUT2D eigenvalue weighted by Crippen LogP contribution is -2.53. The lowest BCUT2D eigenvalue weighted by molar-refractivity contribution is 0.0218. The second-order valence-corrected chi connectivity index (χ2v) is 10.7. The Bertz CT molecular complexity index is 1510.